The number of carboxylic acids is 1. The SMILES string of the molecule is CN(CCS(C)(=O)=O)C(=O)NCC(=O)NCC(=O)O. The minimum absolute atomic E-state index is 0.00140. The van der Waals surface area contributed by atoms with Crippen molar-refractivity contribution in [3.05, 3.63) is 0 Å². The predicted octanol–water partition coefficient (Wildman–Crippen LogP) is -2.13. The Kier molecular flexibility index (Phi) is 6.83. The maximum Gasteiger partial charge on any atom is 0.322 e. The molecule has 9 nitrogen and oxygen atoms in total. The standard InChI is InChI=1S/C9H17N3O6S/c1-12(3-4-19(2,17)18)9(16)11-5-7(13)10-6-8(14)15/h3-6H2,1-2H3,(H,10,13)(H,11,16)(H,14,15). The molecule has 0 atom stereocenters. The molecule has 0 radical (unpaired) electrons. The maximum atomic E-state index is 11.4. The third-order valence-electron chi connectivity index (χ3n) is 1.98. The summed E-state index contributed by atoms with van der Waals surface area (Å²) in [7, 11) is -1.78. The van der Waals surface area contributed by atoms with Crippen LogP contribution in [0.1, 0.15) is 0 Å². The van der Waals surface area contributed by atoms with Crippen molar-refractivity contribution in [1.82, 2.24) is 15.5 Å². The number of rotatable bonds is 7. The minimum Gasteiger partial charge on any atom is -0.480 e. The Balaban J connectivity index is 3.97. The molecule has 0 aromatic carbocycles. The number of carbonyl (C=O) groups excluding carboxylic acids is 2. The lowest BCUT2D eigenvalue weighted by atomic mass is 10.5. The molecule has 0 saturated carbocycles. The number of hydrogen-bond acceptors (Lipinski definition) is 5. The highest BCUT2D eigenvalue weighted by Crippen LogP contribution is 1.88. The van der Waals surface area contributed by atoms with Crippen LogP contribution in [-0.2, 0) is 19.4 Å². The van der Waals surface area contributed by atoms with Gasteiger partial charge in [0.2, 0.25) is 5.91 Å². The Labute approximate surface area is 110 Å². The molecular weight excluding hydrogens is 278 g/mol. The summed E-state index contributed by atoms with van der Waals surface area (Å²) in [5, 5.41) is 12.6. The number of nitrogens with zero attached hydrogens (tertiary/aromatic N) is 1. The second kappa shape index (κ2) is 7.56. The number of aliphatic carboxylic acids is 1. The van der Waals surface area contributed by atoms with Crippen LogP contribution in [0.2, 0.25) is 0 Å². The summed E-state index contributed by atoms with van der Waals surface area (Å²) in [5.74, 6) is -2.01. The molecule has 0 heterocycles. The monoisotopic (exact) mass is 295 g/mol. The average molecular weight is 295 g/mol. The highest BCUT2D eigenvalue weighted by molar-refractivity contribution is 7.90. The first-order valence-corrected chi connectivity index (χ1v) is 7.33. The minimum atomic E-state index is -3.17. The predicted molar refractivity (Wildman–Crippen MR) is 66.4 cm³/mol. The molecule has 3 amide bonds. The van der Waals surface area contributed by atoms with Gasteiger partial charge in [-0.3, -0.25) is 9.59 Å². The Morgan fingerprint density at radius 2 is 1.74 bits per heavy atom. The van der Waals surface area contributed by atoms with Gasteiger partial charge in [0.1, 0.15) is 16.4 Å². The number of carbonyl (C=O) groups is 3. The second-order valence-electron chi connectivity index (χ2n) is 3.88. The van der Waals surface area contributed by atoms with Gasteiger partial charge in [0.25, 0.3) is 0 Å². The molecule has 0 unspecified atom stereocenters. The van der Waals surface area contributed by atoms with Crippen LogP contribution in [-0.4, -0.2) is 75.0 Å². The lowest BCUT2D eigenvalue weighted by molar-refractivity contribution is -0.137. The molecule has 0 aliphatic rings. The van der Waals surface area contributed by atoms with Gasteiger partial charge in [-0.25, -0.2) is 13.2 Å². The van der Waals surface area contributed by atoms with E-state index in [2.05, 4.69) is 10.6 Å². The molecule has 0 fully saturated rings. The molecule has 10 heteroatoms. The maximum absolute atomic E-state index is 11.4. The quantitative estimate of drug-likeness (QED) is 0.491. The van der Waals surface area contributed by atoms with Gasteiger partial charge in [0.15, 0.2) is 0 Å². The van der Waals surface area contributed by atoms with E-state index >= 15 is 0 Å². The fourth-order valence-electron chi connectivity index (χ4n) is 0.932. The molecule has 0 aromatic heterocycles. The summed E-state index contributed by atoms with van der Waals surface area (Å²) < 4.78 is 21.8. The highest BCUT2D eigenvalue weighted by Gasteiger charge is 2.12. The Morgan fingerprint density at radius 1 is 1.16 bits per heavy atom. The van der Waals surface area contributed by atoms with E-state index in [0.29, 0.717) is 0 Å². The smallest absolute Gasteiger partial charge is 0.322 e. The van der Waals surface area contributed by atoms with Crippen LogP contribution in [0.25, 0.3) is 0 Å². The summed E-state index contributed by atoms with van der Waals surface area (Å²) in [5.41, 5.74) is 0. The molecule has 0 spiro atoms. The van der Waals surface area contributed by atoms with Gasteiger partial charge in [0.05, 0.1) is 12.3 Å². The Hall–Kier alpha value is -1.84. The lowest BCUT2D eigenvalue weighted by Gasteiger charge is -2.17. The van der Waals surface area contributed by atoms with Crippen LogP contribution in [0.3, 0.4) is 0 Å². The zero-order valence-electron chi connectivity index (χ0n) is 10.7. The first kappa shape index (κ1) is 17.2. The average Bonchev–Trinajstić information content (AvgIpc) is 2.29. The van der Waals surface area contributed by atoms with Crippen LogP contribution in [0.5, 0.6) is 0 Å². The topological polar surface area (TPSA) is 133 Å². The molecule has 0 aromatic rings. The van der Waals surface area contributed by atoms with E-state index in [-0.39, 0.29) is 18.8 Å². The molecule has 19 heavy (non-hydrogen) atoms. The number of carboxylic acid groups (broad SMARTS) is 1. The fraction of sp³-hybridized carbons (Fsp3) is 0.667. The van der Waals surface area contributed by atoms with Gasteiger partial charge in [-0.15, -0.1) is 0 Å². The highest BCUT2D eigenvalue weighted by atomic mass is 32.2. The molecular formula is C9H17N3O6S. The van der Waals surface area contributed by atoms with Crippen molar-refractivity contribution in [3.63, 3.8) is 0 Å². The zero-order chi connectivity index (χ0) is 15.1. The third-order valence-corrected chi connectivity index (χ3v) is 2.91. The van der Waals surface area contributed by atoms with E-state index in [0.717, 1.165) is 11.2 Å². The van der Waals surface area contributed by atoms with Crippen molar-refractivity contribution in [2.24, 2.45) is 0 Å². The fourth-order valence-corrected chi connectivity index (χ4v) is 1.54. The van der Waals surface area contributed by atoms with E-state index in [1.54, 1.807) is 0 Å². The van der Waals surface area contributed by atoms with E-state index in [4.69, 9.17) is 5.11 Å². The number of hydrogen-bond donors (Lipinski definition) is 3. The summed E-state index contributed by atoms with van der Waals surface area (Å²) >= 11 is 0. The number of sulfone groups is 1. The van der Waals surface area contributed by atoms with Crippen molar-refractivity contribution < 1.29 is 27.9 Å². The molecule has 0 rings (SSSR count). The summed E-state index contributed by atoms with van der Waals surface area (Å²) in [6, 6.07) is -0.617. The van der Waals surface area contributed by atoms with Crippen molar-refractivity contribution in [3.8, 4) is 0 Å². The van der Waals surface area contributed by atoms with Crippen LogP contribution in [0, 0.1) is 0 Å². The van der Waals surface area contributed by atoms with Crippen molar-refractivity contribution in [2.45, 2.75) is 0 Å². The largest absolute Gasteiger partial charge is 0.480 e. The number of nitrogens with one attached hydrogen (secondary N) is 2. The Morgan fingerprint density at radius 3 is 2.21 bits per heavy atom. The molecule has 0 bridgehead atoms. The van der Waals surface area contributed by atoms with Gasteiger partial charge < -0.3 is 20.6 Å². The number of amides is 3. The van der Waals surface area contributed by atoms with Crippen LogP contribution >= 0.6 is 0 Å². The molecule has 0 aliphatic carbocycles. The van der Waals surface area contributed by atoms with Gasteiger partial charge in [-0.05, 0) is 0 Å². The van der Waals surface area contributed by atoms with Gasteiger partial charge >= 0.3 is 12.0 Å². The van der Waals surface area contributed by atoms with Crippen LogP contribution in [0.15, 0.2) is 0 Å². The molecule has 110 valence electrons. The van der Waals surface area contributed by atoms with Gasteiger partial charge in [-0.1, -0.05) is 0 Å². The van der Waals surface area contributed by atoms with Crippen molar-refractivity contribution in [1.29, 1.82) is 0 Å². The van der Waals surface area contributed by atoms with Crippen molar-refractivity contribution >= 4 is 27.7 Å². The van der Waals surface area contributed by atoms with Gasteiger partial charge in [0, 0.05) is 19.8 Å². The summed E-state index contributed by atoms with van der Waals surface area (Å²) in [6.45, 7) is -0.907. The van der Waals surface area contributed by atoms with E-state index in [1.165, 1.54) is 7.05 Å². The Bertz CT molecular complexity index is 447. The third kappa shape index (κ3) is 9.83. The normalized spacial score (nSPS) is 10.6. The number of urea groups is 1. The van der Waals surface area contributed by atoms with Gasteiger partial charge in [-0.2, -0.15) is 0 Å². The first-order chi connectivity index (χ1) is 8.61. The van der Waals surface area contributed by atoms with Crippen LogP contribution in [0.4, 0.5) is 4.79 Å². The lowest BCUT2D eigenvalue weighted by Crippen LogP contribution is -2.44. The molecule has 3 N–H and O–H groups in total. The first-order valence-electron chi connectivity index (χ1n) is 5.27. The summed E-state index contributed by atoms with van der Waals surface area (Å²) in [4.78, 5) is 33.8. The van der Waals surface area contributed by atoms with E-state index in [1.807, 2.05) is 0 Å². The van der Waals surface area contributed by atoms with E-state index in [9.17, 15) is 22.8 Å². The van der Waals surface area contributed by atoms with Crippen LogP contribution < -0.4 is 10.6 Å². The second-order valence-corrected chi connectivity index (χ2v) is 6.14. The van der Waals surface area contributed by atoms with Crippen molar-refractivity contribution in [2.75, 3.05) is 38.7 Å². The van der Waals surface area contributed by atoms with E-state index < -0.39 is 34.3 Å². The summed E-state index contributed by atoms with van der Waals surface area (Å²) in [6.07, 6.45) is 1.05. The molecule has 0 aliphatic heterocycles. The molecule has 0 saturated heterocycles. The zero-order valence-corrected chi connectivity index (χ0v) is 11.5.